The van der Waals surface area contributed by atoms with Gasteiger partial charge in [-0.2, -0.15) is 0 Å². The molecule has 0 N–H and O–H groups in total. The first-order valence-corrected chi connectivity index (χ1v) is 4.28. The number of carbonyl (C=O) groups is 1. The number of esters is 1. The van der Waals surface area contributed by atoms with Gasteiger partial charge in [-0.05, 0) is 12.8 Å². The molecule has 0 rings (SSSR count). The molecule has 68 valence electrons. The van der Waals surface area contributed by atoms with Gasteiger partial charge in [-0.25, -0.2) is 0 Å². The molecule has 0 aromatic heterocycles. The van der Waals surface area contributed by atoms with E-state index in [9.17, 15) is 4.79 Å². The van der Waals surface area contributed by atoms with Gasteiger partial charge in [-0.3, -0.25) is 4.79 Å². The lowest BCUT2D eigenvalue weighted by Gasteiger charge is -2.05. The molecule has 0 heterocycles. The average molecular weight is 168 g/mol. The van der Waals surface area contributed by atoms with E-state index in [0.717, 1.165) is 19.3 Å². The predicted octanol–water partition coefficient (Wildman–Crippen LogP) is 1.99. The summed E-state index contributed by atoms with van der Waals surface area (Å²) in [6, 6.07) is 0. The topological polar surface area (TPSA) is 26.3 Å². The molecule has 0 aliphatic heterocycles. The van der Waals surface area contributed by atoms with Crippen LogP contribution in [-0.2, 0) is 9.53 Å². The van der Waals surface area contributed by atoms with Crippen molar-refractivity contribution in [3.63, 3.8) is 0 Å². The Balaban J connectivity index is 3.21. The van der Waals surface area contributed by atoms with Gasteiger partial charge in [0, 0.05) is 6.42 Å². The van der Waals surface area contributed by atoms with Crippen LogP contribution in [0.1, 0.15) is 33.1 Å². The van der Waals surface area contributed by atoms with Crippen LogP contribution in [0.5, 0.6) is 0 Å². The van der Waals surface area contributed by atoms with Gasteiger partial charge in [-0.15, -0.1) is 12.3 Å². The molecular formula is C10H16O2. The largest absolute Gasteiger partial charge is 0.465 e. The van der Waals surface area contributed by atoms with Crippen LogP contribution >= 0.6 is 0 Å². The zero-order valence-corrected chi connectivity index (χ0v) is 7.80. The van der Waals surface area contributed by atoms with E-state index in [1.165, 1.54) is 0 Å². The van der Waals surface area contributed by atoms with Crippen LogP contribution in [-0.4, -0.2) is 12.6 Å². The Hall–Kier alpha value is -0.970. The van der Waals surface area contributed by atoms with E-state index in [1.807, 2.05) is 13.8 Å². The summed E-state index contributed by atoms with van der Waals surface area (Å²) in [5, 5.41) is 0. The Labute approximate surface area is 74.3 Å². The summed E-state index contributed by atoms with van der Waals surface area (Å²) in [5.74, 6) is 2.38. The minimum atomic E-state index is -0.129. The number of hydrogen-bond acceptors (Lipinski definition) is 2. The monoisotopic (exact) mass is 168 g/mol. The Morgan fingerprint density at radius 2 is 2.17 bits per heavy atom. The fourth-order valence-corrected chi connectivity index (χ4v) is 0.669. The van der Waals surface area contributed by atoms with Gasteiger partial charge in [0.1, 0.15) is 0 Å². The van der Waals surface area contributed by atoms with Gasteiger partial charge < -0.3 is 4.74 Å². The van der Waals surface area contributed by atoms with Crippen molar-refractivity contribution < 1.29 is 9.53 Å². The summed E-state index contributed by atoms with van der Waals surface area (Å²) in [6.45, 7) is 4.15. The van der Waals surface area contributed by atoms with Crippen molar-refractivity contribution in [3.05, 3.63) is 0 Å². The predicted molar refractivity (Wildman–Crippen MR) is 48.5 cm³/mol. The van der Waals surface area contributed by atoms with Gasteiger partial charge in [-0.1, -0.05) is 13.8 Å². The van der Waals surface area contributed by atoms with E-state index < -0.39 is 0 Å². The van der Waals surface area contributed by atoms with Crippen molar-refractivity contribution in [2.75, 3.05) is 6.61 Å². The van der Waals surface area contributed by atoms with Crippen molar-refractivity contribution in [2.45, 2.75) is 33.1 Å². The normalized spacial score (nSPS) is 9.50. The third-order valence-electron chi connectivity index (χ3n) is 1.43. The molecule has 0 saturated heterocycles. The van der Waals surface area contributed by atoms with Gasteiger partial charge in [0.2, 0.25) is 0 Å². The van der Waals surface area contributed by atoms with Crippen molar-refractivity contribution >= 4 is 5.97 Å². The summed E-state index contributed by atoms with van der Waals surface area (Å²) in [4.78, 5) is 10.9. The van der Waals surface area contributed by atoms with Crippen molar-refractivity contribution in [2.24, 2.45) is 5.92 Å². The van der Waals surface area contributed by atoms with E-state index in [2.05, 4.69) is 5.92 Å². The van der Waals surface area contributed by atoms with E-state index in [4.69, 9.17) is 11.2 Å². The van der Waals surface area contributed by atoms with Gasteiger partial charge >= 0.3 is 5.97 Å². The van der Waals surface area contributed by atoms with Crippen LogP contribution in [0.25, 0.3) is 0 Å². The Bertz CT molecular complexity index is 165. The molecule has 0 unspecified atom stereocenters. The second kappa shape index (κ2) is 6.72. The highest BCUT2D eigenvalue weighted by molar-refractivity contribution is 5.71. The van der Waals surface area contributed by atoms with Crippen LogP contribution in [0, 0.1) is 18.3 Å². The van der Waals surface area contributed by atoms with Gasteiger partial charge in [0.15, 0.2) is 0 Å². The third-order valence-corrected chi connectivity index (χ3v) is 1.43. The highest BCUT2D eigenvalue weighted by atomic mass is 16.5. The van der Waals surface area contributed by atoms with Crippen LogP contribution in [0.4, 0.5) is 0 Å². The molecule has 0 bridgehead atoms. The molecule has 0 aromatic carbocycles. The van der Waals surface area contributed by atoms with E-state index in [1.54, 1.807) is 0 Å². The molecule has 0 radical (unpaired) electrons. The van der Waals surface area contributed by atoms with Gasteiger partial charge in [0.25, 0.3) is 0 Å². The SMILES string of the molecule is C#CCCCCOC(=O)C(C)C. The van der Waals surface area contributed by atoms with E-state index in [0.29, 0.717) is 6.61 Å². The fraction of sp³-hybridized carbons (Fsp3) is 0.700. The first-order chi connectivity index (χ1) is 5.68. The summed E-state index contributed by atoms with van der Waals surface area (Å²) in [5.41, 5.74) is 0. The lowest BCUT2D eigenvalue weighted by atomic mass is 10.2. The highest BCUT2D eigenvalue weighted by Crippen LogP contribution is 1.99. The molecule has 0 aliphatic carbocycles. The lowest BCUT2D eigenvalue weighted by molar-refractivity contribution is -0.147. The molecule has 0 aliphatic rings. The number of unbranched alkanes of at least 4 members (excludes halogenated alkanes) is 2. The Morgan fingerprint density at radius 1 is 1.50 bits per heavy atom. The number of carbonyl (C=O) groups excluding carboxylic acids is 1. The fourth-order valence-electron chi connectivity index (χ4n) is 0.669. The molecule has 12 heavy (non-hydrogen) atoms. The number of hydrogen-bond donors (Lipinski definition) is 0. The number of ether oxygens (including phenoxy) is 1. The highest BCUT2D eigenvalue weighted by Gasteiger charge is 2.06. The van der Waals surface area contributed by atoms with Crippen LogP contribution in [0.3, 0.4) is 0 Å². The molecule has 0 amide bonds. The zero-order chi connectivity index (χ0) is 9.40. The zero-order valence-electron chi connectivity index (χ0n) is 7.80. The summed E-state index contributed by atoms with van der Waals surface area (Å²) in [6.07, 6.45) is 7.62. The summed E-state index contributed by atoms with van der Waals surface area (Å²) < 4.78 is 4.94. The second-order valence-corrected chi connectivity index (χ2v) is 2.98. The van der Waals surface area contributed by atoms with Crippen molar-refractivity contribution in [1.29, 1.82) is 0 Å². The van der Waals surface area contributed by atoms with Crippen molar-refractivity contribution in [1.82, 2.24) is 0 Å². The van der Waals surface area contributed by atoms with Gasteiger partial charge in [0.05, 0.1) is 12.5 Å². The maximum Gasteiger partial charge on any atom is 0.308 e. The minimum absolute atomic E-state index is 0.0300. The minimum Gasteiger partial charge on any atom is -0.465 e. The first-order valence-electron chi connectivity index (χ1n) is 4.28. The number of rotatable bonds is 5. The maximum absolute atomic E-state index is 10.9. The third kappa shape index (κ3) is 5.79. The second-order valence-electron chi connectivity index (χ2n) is 2.98. The summed E-state index contributed by atoms with van der Waals surface area (Å²) >= 11 is 0. The standard InChI is InChI=1S/C10H16O2/c1-4-5-6-7-8-12-10(11)9(2)3/h1,9H,5-8H2,2-3H3. The average Bonchev–Trinajstić information content (AvgIpc) is 2.03. The van der Waals surface area contributed by atoms with Crippen molar-refractivity contribution in [3.8, 4) is 12.3 Å². The smallest absolute Gasteiger partial charge is 0.308 e. The van der Waals surface area contributed by atoms with E-state index >= 15 is 0 Å². The molecular weight excluding hydrogens is 152 g/mol. The molecule has 2 heteroatoms. The van der Waals surface area contributed by atoms with Crippen LogP contribution in [0.15, 0.2) is 0 Å². The molecule has 0 spiro atoms. The molecule has 0 atom stereocenters. The molecule has 0 aromatic rings. The van der Waals surface area contributed by atoms with Crippen LogP contribution < -0.4 is 0 Å². The quantitative estimate of drug-likeness (QED) is 0.356. The first kappa shape index (κ1) is 11.0. The maximum atomic E-state index is 10.9. The van der Waals surface area contributed by atoms with E-state index in [-0.39, 0.29) is 11.9 Å². The number of terminal acetylenes is 1. The Morgan fingerprint density at radius 3 is 2.67 bits per heavy atom. The molecule has 0 saturated carbocycles. The Kier molecular flexibility index (Phi) is 6.18. The van der Waals surface area contributed by atoms with Crippen LogP contribution in [0.2, 0.25) is 0 Å². The summed E-state index contributed by atoms with van der Waals surface area (Å²) in [7, 11) is 0. The molecule has 0 fully saturated rings. The molecule has 2 nitrogen and oxygen atoms in total. The lowest BCUT2D eigenvalue weighted by Crippen LogP contribution is -2.12.